The van der Waals surface area contributed by atoms with E-state index in [-0.39, 0.29) is 0 Å². The predicted molar refractivity (Wildman–Crippen MR) is 56.4 cm³/mol. The van der Waals surface area contributed by atoms with Crippen LogP contribution in [0.15, 0.2) is 22.9 Å². The zero-order valence-corrected chi connectivity index (χ0v) is 7.78. The van der Waals surface area contributed by atoms with Crippen molar-refractivity contribution >= 4 is 49.8 Å². The van der Waals surface area contributed by atoms with Crippen LogP contribution >= 0.6 is 22.7 Å². The second-order valence-corrected chi connectivity index (χ2v) is 4.49. The van der Waals surface area contributed by atoms with Crippen LogP contribution in [0.25, 0.3) is 20.2 Å². The fourth-order valence-corrected chi connectivity index (χ4v) is 2.88. The van der Waals surface area contributed by atoms with Crippen LogP contribution in [0, 0.1) is 0 Å². The Morgan fingerprint density at radius 3 is 2.17 bits per heavy atom. The van der Waals surface area contributed by atoms with Gasteiger partial charge in [-0.1, -0.05) is 0 Å². The molecular weight excluding hydrogens is 185 g/mol. The standard InChI is InChI=1S/C8H4BNS2/c1-3-11-7-5(1)10-6-2-4-12-8(6)9-7/h1-4H. The number of aromatic nitrogens is 1. The third kappa shape index (κ3) is 0.851. The van der Waals surface area contributed by atoms with Gasteiger partial charge in [0.15, 0.2) is 0 Å². The average molecular weight is 189 g/mol. The van der Waals surface area contributed by atoms with Crippen LogP contribution in [-0.4, -0.2) is 11.9 Å². The van der Waals surface area contributed by atoms with Crippen molar-refractivity contribution in [1.82, 2.24) is 4.98 Å². The van der Waals surface area contributed by atoms with Crippen molar-refractivity contribution in [1.29, 1.82) is 0 Å². The van der Waals surface area contributed by atoms with E-state index in [2.05, 4.69) is 34.8 Å². The van der Waals surface area contributed by atoms with E-state index >= 15 is 0 Å². The Hall–Kier alpha value is -0.735. The summed E-state index contributed by atoms with van der Waals surface area (Å²) in [5.74, 6) is 0. The molecule has 56 valence electrons. The molecule has 3 rings (SSSR count). The molecule has 12 heavy (non-hydrogen) atoms. The molecule has 0 spiro atoms. The van der Waals surface area contributed by atoms with Gasteiger partial charge in [0.2, 0.25) is 0 Å². The molecule has 0 unspecified atom stereocenters. The third-order valence-corrected chi connectivity index (χ3v) is 3.56. The van der Waals surface area contributed by atoms with Gasteiger partial charge < -0.3 is 0 Å². The van der Waals surface area contributed by atoms with Crippen LogP contribution in [0.2, 0.25) is 0 Å². The maximum absolute atomic E-state index is 4.52. The summed E-state index contributed by atoms with van der Waals surface area (Å²) in [5, 5.41) is 4.17. The summed E-state index contributed by atoms with van der Waals surface area (Å²) in [6, 6.07) is 4.13. The van der Waals surface area contributed by atoms with Crippen molar-refractivity contribution in [2.24, 2.45) is 0 Å². The average Bonchev–Trinajstić information content (AvgIpc) is 2.64. The predicted octanol–water partition coefficient (Wildman–Crippen LogP) is 2.85. The van der Waals surface area contributed by atoms with Crippen molar-refractivity contribution in [2.45, 2.75) is 0 Å². The summed E-state index contributed by atoms with van der Waals surface area (Å²) >= 11 is 3.50. The normalized spacial score (nSPS) is 11.0. The Bertz CT molecular complexity index is 449. The Morgan fingerprint density at radius 1 is 1.00 bits per heavy atom. The van der Waals surface area contributed by atoms with Crippen LogP contribution in [0.3, 0.4) is 0 Å². The summed E-state index contributed by atoms with van der Waals surface area (Å²) in [6.45, 7) is 2.22. The molecule has 0 aromatic carbocycles. The van der Waals surface area contributed by atoms with E-state index in [1.54, 1.807) is 22.7 Å². The molecule has 0 atom stereocenters. The summed E-state index contributed by atoms with van der Waals surface area (Å²) in [6.07, 6.45) is 0. The molecule has 0 saturated heterocycles. The first-order valence-electron chi connectivity index (χ1n) is 3.65. The Balaban J connectivity index is 2.62. The zero-order chi connectivity index (χ0) is 7.97. The van der Waals surface area contributed by atoms with E-state index in [4.69, 9.17) is 0 Å². The molecule has 1 nitrogen and oxygen atoms in total. The first-order valence-corrected chi connectivity index (χ1v) is 5.41. The first-order chi connectivity index (χ1) is 5.93. The summed E-state index contributed by atoms with van der Waals surface area (Å²) < 4.78 is 2.56. The molecule has 0 aliphatic rings. The van der Waals surface area contributed by atoms with Crippen LogP contribution in [0.4, 0.5) is 0 Å². The molecule has 0 N–H and O–H groups in total. The molecule has 0 fully saturated rings. The van der Waals surface area contributed by atoms with Crippen molar-refractivity contribution in [2.75, 3.05) is 0 Å². The van der Waals surface area contributed by atoms with Crippen molar-refractivity contribution < 1.29 is 0 Å². The van der Waals surface area contributed by atoms with E-state index in [9.17, 15) is 0 Å². The molecule has 3 heterocycles. The summed E-state index contributed by atoms with van der Waals surface area (Å²) in [7, 11) is 0. The number of thiophene rings is 2. The molecule has 3 aromatic rings. The number of hydrogen-bond donors (Lipinski definition) is 0. The van der Waals surface area contributed by atoms with Crippen LogP contribution in [-0.2, 0) is 0 Å². The third-order valence-electron chi connectivity index (χ3n) is 1.85. The number of hydrogen-bond acceptors (Lipinski definition) is 3. The van der Waals surface area contributed by atoms with Gasteiger partial charge in [0.1, 0.15) is 0 Å². The quantitative estimate of drug-likeness (QED) is 0.529. The molecule has 0 saturated carbocycles. The van der Waals surface area contributed by atoms with Gasteiger partial charge in [-0.3, -0.25) is 0 Å². The second kappa shape index (κ2) is 2.37. The van der Waals surface area contributed by atoms with Crippen LogP contribution in [0.1, 0.15) is 0 Å². The molecule has 0 amide bonds. The Morgan fingerprint density at radius 2 is 1.58 bits per heavy atom. The van der Waals surface area contributed by atoms with Gasteiger partial charge in [0, 0.05) is 0 Å². The molecule has 0 radical (unpaired) electrons. The molecule has 0 aliphatic heterocycles. The van der Waals surface area contributed by atoms with Gasteiger partial charge >= 0.3 is 77.7 Å². The maximum atomic E-state index is 4.52. The van der Waals surface area contributed by atoms with Gasteiger partial charge in [0.25, 0.3) is 0 Å². The first kappa shape index (κ1) is 6.75. The summed E-state index contributed by atoms with van der Waals surface area (Å²) in [4.78, 5) is 4.52. The molecule has 4 heteroatoms. The van der Waals surface area contributed by atoms with E-state index in [1.165, 1.54) is 9.19 Å². The van der Waals surface area contributed by atoms with Gasteiger partial charge in [-0.15, -0.1) is 0 Å². The Labute approximate surface area is 77.9 Å². The van der Waals surface area contributed by atoms with Gasteiger partial charge in [-0.2, -0.15) is 0 Å². The minimum atomic E-state index is 1.12. The molecule has 0 aliphatic carbocycles. The van der Waals surface area contributed by atoms with Gasteiger partial charge in [0.05, 0.1) is 0 Å². The fourth-order valence-electron chi connectivity index (χ4n) is 1.28. The fraction of sp³-hybridized carbons (Fsp3) is 0. The summed E-state index contributed by atoms with van der Waals surface area (Å²) in [5.41, 5.74) is 2.23. The van der Waals surface area contributed by atoms with Gasteiger partial charge in [-0.05, 0) is 0 Å². The van der Waals surface area contributed by atoms with Gasteiger partial charge in [-0.25, -0.2) is 0 Å². The Kier molecular flexibility index (Phi) is 1.33. The SMILES string of the molecule is b1c2sccc2nc2ccsc12. The second-order valence-electron chi connectivity index (χ2n) is 2.60. The molecular formula is C8H4BNS2. The van der Waals surface area contributed by atoms with E-state index in [1.807, 2.05) is 0 Å². The van der Waals surface area contributed by atoms with Crippen LogP contribution < -0.4 is 0 Å². The zero-order valence-electron chi connectivity index (χ0n) is 6.15. The van der Waals surface area contributed by atoms with Crippen molar-refractivity contribution in [3.63, 3.8) is 0 Å². The topological polar surface area (TPSA) is 12.9 Å². The molecule has 3 aromatic heterocycles. The molecule has 0 bridgehead atoms. The number of nitrogens with zero attached hydrogens (tertiary/aromatic N) is 1. The van der Waals surface area contributed by atoms with E-state index < -0.39 is 0 Å². The van der Waals surface area contributed by atoms with Crippen molar-refractivity contribution in [3.05, 3.63) is 22.9 Å². The number of rotatable bonds is 0. The van der Waals surface area contributed by atoms with Crippen molar-refractivity contribution in [3.8, 4) is 0 Å². The van der Waals surface area contributed by atoms with E-state index in [0.717, 1.165) is 11.0 Å². The van der Waals surface area contributed by atoms with E-state index in [0.29, 0.717) is 0 Å². The number of fused-ring (bicyclic) bond motifs is 2. The monoisotopic (exact) mass is 189 g/mol. The van der Waals surface area contributed by atoms with Crippen LogP contribution in [0.5, 0.6) is 0 Å². The minimum absolute atomic E-state index is 1.12.